The van der Waals surface area contributed by atoms with Crippen LogP contribution >= 0.6 is 0 Å². The Morgan fingerprint density at radius 1 is 1.24 bits per heavy atom. The molecule has 2 saturated heterocycles. The Balaban J connectivity index is 1.44. The van der Waals surface area contributed by atoms with Crippen LogP contribution in [-0.4, -0.2) is 48.1 Å². The molecule has 0 aliphatic carbocycles. The standard InChI is InChI=1S/C20H26N6O3/c1-13-3-4-15(11-18(13)25-8-7-21-20(25)28)23-19(27)24-17-12-22-26(14(17)2)16-5-9-29-10-6-16/h3-4,11-12,16H,5-10H2,1-2H3,(H,21,28)(H2,23,24,27). The first kappa shape index (κ1) is 19.3. The lowest BCUT2D eigenvalue weighted by Crippen LogP contribution is -2.28. The maximum absolute atomic E-state index is 12.5. The molecule has 2 aliphatic rings. The molecule has 1 aromatic carbocycles. The Morgan fingerprint density at radius 3 is 2.76 bits per heavy atom. The highest BCUT2D eigenvalue weighted by Crippen LogP contribution is 2.27. The molecule has 3 N–H and O–H groups in total. The highest BCUT2D eigenvalue weighted by molar-refractivity contribution is 6.01. The van der Waals surface area contributed by atoms with E-state index in [0.717, 1.165) is 43.0 Å². The lowest BCUT2D eigenvalue weighted by atomic mass is 10.1. The number of nitrogens with zero attached hydrogens (tertiary/aromatic N) is 3. The van der Waals surface area contributed by atoms with Crippen LogP contribution < -0.4 is 20.9 Å². The molecular formula is C20H26N6O3. The number of amides is 4. The van der Waals surface area contributed by atoms with Gasteiger partial charge in [0.05, 0.1) is 29.3 Å². The van der Waals surface area contributed by atoms with Crippen LogP contribution in [0.3, 0.4) is 0 Å². The van der Waals surface area contributed by atoms with Crippen molar-refractivity contribution < 1.29 is 14.3 Å². The Kier molecular flexibility index (Phi) is 5.39. The fourth-order valence-electron chi connectivity index (χ4n) is 3.81. The van der Waals surface area contributed by atoms with Crippen molar-refractivity contribution in [1.82, 2.24) is 15.1 Å². The van der Waals surface area contributed by atoms with Gasteiger partial charge in [-0.1, -0.05) is 6.07 Å². The minimum absolute atomic E-state index is 0.120. The average molecular weight is 398 g/mol. The fourth-order valence-corrected chi connectivity index (χ4v) is 3.81. The molecule has 9 heteroatoms. The van der Waals surface area contributed by atoms with Crippen LogP contribution in [0.4, 0.5) is 26.7 Å². The number of nitrogens with one attached hydrogen (secondary N) is 3. The van der Waals surface area contributed by atoms with E-state index in [1.165, 1.54) is 0 Å². The summed E-state index contributed by atoms with van der Waals surface area (Å²) < 4.78 is 7.38. The molecule has 3 heterocycles. The molecule has 0 saturated carbocycles. The van der Waals surface area contributed by atoms with E-state index < -0.39 is 0 Å². The van der Waals surface area contributed by atoms with Gasteiger partial charge in [-0.15, -0.1) is 0 Å². The summed E-state index contributed by atoms with van der Waals surface area (Å²) in [4.78, 5) is 26.2. The summed E-state index contributed by atoms with van der Waals surface area (Å²) in [5.74, 6) is 0. The molecule has 9 nitrogen and oxygen atoms in total. The van der Waals surface area contributed by atoms with Crippen LogP contribution in [0.25, 0.3) is 0 Å². The van der Waals surface area contributed by atoms with Crippen molar-refractivity contribution in [2.45, 2.75) is 32.7 Å². The van der Waals surface area contributed by atoms with E-state index in [1.54, 1.807) is 11.1 Å². The minimum Gasteiger partial charge on any atom is -0.381 e. The molecule has 29 heavy (non-hydrogen) atoms. The lowest BCUT2D eigenvalue weighted by Gasteiger charge is -2.23. The maximum atomic E-state index is 12.5. The zero-order chi connectivity index (χ0) is 20.4. The summed E-state index contributed by atoms with van der Waals surface area (Å²) >= 11 is 0. The van der Waals surface area contributed by atoms with Crippen molar-refractivity contribution in [2.24, 2.45) is 0 Å². The van der Waals surface area contributed by atoms with Gasteiger partial charge in [-0.25, -0.2) is 9.59 Å². The minimum atomic E-state index is -0.347. The second kappa shape index (κ2) is 8.12. The Bertz CT molecular complexity index is 919. The van der Waals surface area contributed by atoms with Crippen LogP contribution in [-0.2, 0) is 4.74 Å². The van der Waals surface area contributed by atoms with Crippen molar-refractivity contribution in [3.63, 3.8) is 0 Å². The predicted octanol–water partition coefficient (Wildman–Crippen LogP) is 3.03. The second-order valence-electron chi connectivity index (χ2n) is 7.40. The number of aryl methyl sites for hydroxylation is 1. The fraction of sp³-hybridized carbons (Fsp3) is 0.450. The number of carbonyl (C=O) groups is 2. The van der Waals surface area contributed by atoms with Crippen molar-refractivity contribution >= 4 is 29.1 Å². The van der Waals surface area contributed by atoms with Gasteiger partial charge in [0.25, 0.3) is 0 Å². The molecule has 1 aromatic heterocycles. The van der Waals surface area contributed by atoms with Crippen LogP contribution in [0.15, 0.2) is 24.4 Å². The molecule has 0 spiro atoms. The smallest absolute Gasteiger partial charge is 0.323 e. The maximum Gasteiger partial charge on any atom is 0.323 e. The van der Waals surface area contributed by atoms with Gasteiger partial charge in [-0.3, -0.25) is 9.58 Å². The predicted molar refractivity (Wildman–Crippen MR) is 111 cm³/mol. The van der Waals surface area contributed by atoms with Gasteiger partial charge >= 0.3 is 12.1 Å². The van der Waals surface area contributed by atoms with Crippen molar-refractivity contribution in [3.05, 3.63) is 35.7 Å². The van der Waals surface area contributed by atoms with Gasteiger partial charge in [-0.2, -0.15) is 5.10 Å². The third kappa shape index (κ3) is 4.04. The largest absolute Gasteiger partial charge is 0.381 e. The summed E-state index contributed by atoms with van der Waals surface area (Å²) in [7, 11) is 0. The molecule has 0 atom stereocenters. The Hall–Kier alpha value is -3.07. The molecule has 0 bridgehead atoms. The summed E-state index contributed by atoms with van der Waals surface area (Å²) in [6.45, 7) is 6.59. The van der Waals surface area contributed by atoms with E-state index in [2.05, 4.69) is 21.0 Å². The van der Waals surface area contributed by atoms with Crippen LogP contribution in [0.1, 0.15) is 30.1 Å². The highest BCUT2D eigenvalue weighted by Gasteiger charge is 2.23. The summed E-state index contributed by atoms with van der Waals surface area (Å²) in [6, 6.07) is 5.37. The normalized spacial score (nSPS) is 17.3. The number of aromatic nitrogens is 2. The number of rotatable bonds is 4. The highest BCUT2D eigenvalue weighted by atomic mass is 16.5. The van der Waals surface area contributed by atoms with Gasteiger partial charge in [0.1, 0.15) is 0 Å². The summed E-state index contributed by atoms with van der Waals surface area (Å²) in [5, 5.41) is 13.0. The average Bonchev–Trinajstić information content (AvgIpc) is 3.30. The number of urea groups is 2. The summed E-state index contributed by atoms with van der Waals surface area (Å²) in [6.07, 6.45) is 3.52. The first-order valence-corrected chi connectivity index (χ1v) is 9.89. The van der Waals surface area contributed by atoms with Gasteiger partial charge in [0, 0.05) is 32.0 Å². The van der Waals surface area contributed by atoms with Crippen LogP contribution in [0.5, 0.6) is 0 Å². The number of benzene rings is 1. The SMILES string of the molecule is Cc1ccc(NC(=O)Nc2cnn(C3CCOCC3)c2C)cc1N1CCNC1=O. The number of anilines is 3. The third-order valence-electron chi connectivity index (χ3n) is 5.44. The third-order valence-corrected chi connectivity index (χ3v) is 5.44. The van der Waals surface area contributed by atoms with Crippen LogP contribution in [0.2, 0.25) is 0 Å². The topological polar surface area (TPSA) is 101 Å². The second-order valence-corrected chi connectivity index (χ2v) is 7.40. The van der Waals surface area contributed by atoms with Gasteiger partial charge < -0.3 is 20.7 Å². The van der Waals surface area contributed by atoms with Gasteiger partial charge in [0.15, 0.2) is 0 Å². The molecule has 2 fully saturated rings. The number of hydrogen-bond donors (Lipinski definition) is 3. The monoisotopic (exact) mass is 398 g/mol. The molecule has 2 aliphatic heterocycles. The number of ether oxygens (including phenoxy) is 1. The zero-order valence-electron chi connectivity index (χ0n) is 16.7. The van der Waals surface area contributed by atoms with E-state index in [1.807, 2.05) is 36.7 Å². The first-order chi connectivity index (χ1) is 14.0. The van der Waals surface area contributed by atoms with E-state index in [9.17, 15) is 9.59 Å². The number of hydrogen-bond acceptors (Lipinski definition) is 4. The number of carbonyl (C=O) groups excluding carboxylic acids is 2. The molecule has 4 amide bonds. The van der Waals surface area contributed by atoms with Crippen LogP contribution in [0, 0.1) is 13.8 Å². The molecule has 0 unspecified atom stereocenters. The van der Waals surface area contributed by atoms with E-state index in [4.69, 9.17) is 4.74 Å². The zero-order valence-corrected chi connectivity index (χ0v) is 16.7. The van der Waals surface area contributed by atoms with Gasteiger partial charge in [-0.05, 0) is 44.4 Å². The van der Waals surface area contributed by atoms with E-state index in [0.29, 0.717) is 30.5 Å². The lowest BCUT2D eigenvalue weighted by molar-refractivity contribution is 0.0657. The molecule has 154 valence electrons. The van der Waals surface area contributed by atoms with Gasteiger partial charge in [0.2, 0.25) is 0 Å². The first-order valence-electron chi connectivity index (χ1n) is 9.89. The van der Waals surface area contributed by atoms with Crippen molar-refractivity contribution in [2.75, 3.05) is 41.8 Å². The van der Waals surface area contributed by atoms with Crippen molar-refractivity contribution in [3.8, 4) is 0 Å². The molecule has 2 aromatic rings. The van der Waals surface area contributed by atoms with E-state index >= 15 is 0 Å². The quantitative estimate of drug-likeness (QED) is 0.737. The van der Waals surface area contributed by atoms with E-state index in [-0.39, 0.29) is 12.1 Å². The summed E-state index contributed by atoms with van der Waals surface area (Å²) in [5.41, 5.74) is 3.99. The van der Waals surface area contributed by atoms with Crippen molar-refractivity contribution in [1.29, 1.82) is 0 Å². The Morgan fingerprint density at radius 2 is 2.03 bits per heavy atom. The molecular weight excluding hydrogens is 372 g/mol. The molecule has 0 radical (unpaired) electrons. The molecule has 4 rings (SSSR count). The Labute approximate surface area is 169 Å².